The molecule has 0 saturated carbocycles. The molecule has 3 rings (SSSR count). The molecule has 0 aliphatic carbocycles. The maximum atomic E-state index is 12.8. The lowest BCUT2D eigenvalue weighted by molar-refractivity contribution is -0.164. The van der Waals surface area contributed by atoms with Crippen LogP contribution in [0.1, 0.15) is 57.1 Å². The third-order valence-electron chi connectivity index (χ3n) is 5.38. The van der Waals surface area contributed by atoms with E-state index in [9.17, 15) is 14.4 Å². The third-order valence-corrected chi connectivity index (χ3v) is 5.38. The van der Waals surface area contributed by atoms with Gasteiger partial charge in [-0.2, -0.15) is 0 Å². The Hall–Kier alpha value is -3.41. The van der Waals surface area contributed by atoms with E-state index in [1.165, 1.54) is 6.08 Å². The number of carbonyl (C=O) groups is 3. The second-order valence-electron chi connectivity index (χ2n) is 8.04. The molecule has 2 aromatic carbocycles. The number of hydrogen-bond acceptors (Lipinski definition) is 5. The Labute approximate surface area is 188 Å². The third kappa shape index (κ3) is 6.06. The van der Waals surface area contributed by atoms with Crippen molar-refractivity contribution in [2.24, 2.45) is 0 Å². The van der Waals surface area contributed by atoms with Crippen molar-refractivity contribution in [3.63, 3.8) is 0 Å². The quantitative estimate of drug-likeness (QED) is 0.328. The molecule has 1 fully saturated rings. The first-order chi connectivity index (χ1) is 15.4. The second kappa shape index (κ2) is 10.8. The Morgan fingerprint density at radius 2 is 1.78 bits per heavy atom. The number of benzene rings is 2. The van der Waals surface area contributed by atoms with Gasteiger partial charge in [0, 0.05) is 5.69 Å². The van der Waals surface area contributed by atoms with Crippen molar-refractivity contribution in [3.05, 3.63) is 71.3 Å². The Balaban J connectivity index is 1.67. The van der Waals surface area contributed by atoms with Gasteiger partial charge in [0.25, 0.3) is 0 Å². The summed E-state index contributed by atoms with van der Waals surface area (Å²) < 4.78 is 11.0. The average Bonchev–Trinajstić information content (AvgIpc) is 2.76. The zero-order valence-corrected chi connectivity index (χ0v) is 18.6. The first-order valence-electron chi connectivity index (χ1n) is 11.0. The fraction of sp³-hybridized carbons (Fsp3) is 0.346. The normalized spacial score (nSPS) is 16.5. The molecule has 1 aliphatic rings. The van der Waals surface area contributed by atoms with Crippen molar-refractivity contribution in [1.82, 2.24) is 0 Å². The summed E-state index contributed by atoms with van der Waals surface area (Å²) >= 11 is 0. The molecular formula is C26H29NO5. The molecule has 0 spiro atoms. The van der Waals surface area contributed by atoms with Crippen molar-refractivity contribution in [1.29, 1.82) is 0 Å². The number of Topliss-reactive ketones (excluding diaryl/α,β-unsaturated/α-hetero) is 1. The standard InChI is InChI=1S/C26H29NO5/c1-3-13-26(14-4-2)17-23(28)22(24(29)32-26)16-20-11-8-12-21(15-20)27-25(30)31-18-19-9-6-5-7-10-19/h5-12,15-16H,3-4,13-14,17-18H2,1-2H3,(H,27,30)/b22-16-. The minimum atomic E-state index is -0.694. The van der Waals surface area contributed by atoms with E-state index in [-0.39, 0.29) is 24.4 Å². The maximum absolute atomic E-state index is 12.8. The van der Waals surface area contributed by atoms with Crippen LogP contribution in [0, 0.1) is 0 Å². The molecule has 1 saturated heterocycles. The van der Waals surface area contributed by atoms with Crippen LogP contribution in [0.15, 0.2) is 60.2 Å². The van der Waals surface area contributed by atoms with Crippen molar-refractivity contribution in [2.45, 2.75) is 58.2 Å². The van der Waals surface area contributed by atoms with Gasteiger partial charge in [-0.25, -0.2) is 9.59 Å². The van der Waals surface area contributed by atoms with Gasteiger partial charge in [-0.15, -0.1) is 0 Å². The lowest BCUT2D eigenvalue weighted by atomic mass is 9.83. The molecular weight excluding hydrogens is 406 g/mol. The smallest absolute Gasteiger partial charge is 0.411 e. The van der Waals surface area contributed by atoms with Crippen LogP contribution in [0.4, 0.5) is 10.5 Å². The second-order valence-corrected chi connectivity index (χ2v) is 8.04. The van der Waals surface area contributed by atoms with Crippen LogP contribution in [0.5, 0.6) is 0 Å². The highest BCUT2D eigenvalue weighted by atomic mass is 16.6. The van der Waals surface area contributed by atoms with Crippen LogP contribution in [0.3, 0.4) is 0 Å². The molecule has 168 valence electrons. The molecule has 0 atom stereocenters. The summed E-state index contributed by atoms with van der Waals surface area (Å²) in [4.78, 5) is 37.6. The maximum Gasteiger partial charge on any atom is 0.411 e. The summed E-state index contributed by atoms with van der Waals surface area (Å²) in [5.74, 6) is -0.785. The van der Waals surface area contributed by atoms with Gasteiger partial charge < -0.3 is 9.47 Å². The van der Waals surface area contributed by atoms with Gasteiger partial charge in [0.1, 0.15) is 17.8 Å². The molecule has 0 unspecified atom stereocenters. The van der Waals surface area contributed by atoms with E-state index in [1.807, 2.05) is 44.2 Å². The Morgan fingerprint density at radius 3 is 2.44 bits per heavy atom. The number of ketones is 1. The van der Waals surface area contributed by atoms with Gasteiger partial charge in [0.2, 0.25) is 0 Å². The van der Waals surface area contributed by atoms with Crippen LogP contribution >= 0.6 is 0 Å². The van der Waals surface area contributed by atoms with Gasteiger partial charge in [0.15, 0.2) is 5.78 Å². The SMILES string of the molecule is CCCC1(CCC)CC(=O)/C(=C/c2cccc(NC(=O)OCc3ccccc3)c2)C(=O)O1. The predicted octanol–water partition coefficient (Wildman–Crippen LogP) is 5.67. The highest BCUT2D eigenvalue weighted by Gasteiger charge is 2.42. The van der Waals surface area contributed by atoms with Crippen LogP contribution in [-0.4, -0.2) is 23.4 Å². The predicted molar refractivity (Wildman–Crippen MR) is 123 cm³/mol. The van der Waals surface area contributed by atoms with Crippen LogP contribution in [0.25, 0.3) is 6.08 Å². The van der Waals surface area contributed by atoms with Crippen LogP contribution in [-0.2, 0) is 25.7 Å². The van der Waals surface area contributed by atoms with E-state index >= 15 is 0 Å². The monoisotopic (exact) mass is 435 g/mol. The molecule has 0 aromatic heterocycles. The van der Waals surface area contributed by atoms with Crippen molar-refractivity contribution < 1.29 is 23.9 Å². The number of cyclic esters (lactones) is 1. The fourth-order valence-electron chi connectivity index (χ4n) is 3.99. The number of amides is 1. The van der Waals surface area contributed by atoms with Gasteiger partial charge >= 0.3 is 12.1 Å². The van der Waals surface area contributed by atoms with Crippen LogP contribution < -0.4 is 5.32 Å². The van der Waals surface area contributed by atoms with Gasteiger partial charge in [-0.05, 0) is 42.2 Å². The minimum Gasteiger partial charge on any atom is -0.455 e. The molecule has 2 aromatic rings. The van der Waals surface area contributed by atoms with Gasteiger partial charge in [-0.3, -0.25) is 10.1 Å². The lowest BCUT2D eigenvalue weighted by Gasteiger charge is -2.36. The summed E-state index contributed by atoms with van der Waals surface area (Å²) in [6, 6.07) is 16.3. The molecule has 1 amide bonds. The number of hydrogen-bond donors (Lipinski definition) is 1. The highest BCUT2D eigenvalue weighted by Crippen LogP contribution is 2.35. The average molecular weight is 436 g/mol. The van der Waals surface area contributed by atoms with Crippen molar-refractivity contribution >= 4 is 29.6 Å². The summed E-state index contributed by atoms with van der Waals surface area (Å²) in [5, 5.41) is 2.67. The zero-order valence-electron chi connectivity index (χ0n) is 18.6. The van der Waals surface area contributed by atoms with Gasteiger partial charge in [-0.1, -0.05) is 69.2 Å². The molecule has 1 N–H and O–H groups in total. The Kier molecular flexibility index (Phi) is 7.82. The minimum absolute atomic E-state index is 0.0386. The van der Waals surface area contributed by atoms with E-state index in [4.69, 9.17) is 9.47 Å². The van der Waals surface area contributed by atoms with Crippen LogP contribution in [0.2, 0.25) is 0 Å². The van der Waals surface area contributed by atoms with E-state index in [2.05, 4.69) is 5.32 Å². The van der Waals surface area contributed by atoms with Gasteiger partial charge in [0.05, 0.1) is 6.42 Å². The Bertz CT molecular complexity index is 968. The largest absolute Gasteiger partial charge is 0.455 e. The molecule has 1 heterocycles. The summed E-state index contributed by atoms with van der Waals surface area (Å²) in [7, 11) is 0. The fourth-order valence-corrected chi connectivity index (χ4v) is 3.99. The number of ether oxygens (including phenoxy) is 2. The number of rotatable bonds is 8. The zero-order chi connectivity index (χ0) is 23.0. The van der Waals surface area contributed by atoms with E-state index < -0.39 is 17.7 Å². The summed E-state index contributed by atoms with van der Waals surface area (Å²) in [6.45, 7) is 4.20. The summed E-state index contributed by atoms with van der Waals surface area (Å²) in [6.07, 6.45) is 4.17. The number of carbonyl (C=O) groups excluding carboxylic acids is 3. The first kappa shape index (κ1) is 23.3. The topological polar surface area (TPSA) is 81.7 Å². The first-order valence-corrected chi connectivity index (χ1v) is 11.0. The van der Waals surface area contributed by atoms with E-state index in [1.54, 1.807) is 24.3 Å². The molecule has 1 aliphatic heterocycles. The molecule has 0 radical (unpaired) electrons. The van der Waals surface area contributed by atoms with E-state index in [0.717, 1.165) is 18.4 Å². The lowest BCUT2D eigenvalue weighted by Crippen LogP contribution is -2.43. The Morgan fingerprint density at radius 1 is 1.06 bits per heavy atom. The van der Waals surface area contributed by atoms with E-state index in [0.29, 0.717) is 24.1 Å². The van der Waals surface area contributed by atoms with Crippen molar-refractivity contribution in [2.75, 3.05) is 5.32 Å². The molecule has 32 heavy (non-hydrogen) atoms. The number of esters is 1. The molecule has 0 bridgehead atoms. The molecule has 6 nitrogen and oxygen atoms in total. The molecule has 6 heteroatoms. The number of anilines is 1. The van der Waals surface area contributed by atoms with Crippen molar-refractivity contribution in [3.8, 4) is 0 Å². The highest BCUT2D eigenvalue weighted by molar-refractivity contribution is 6.22. The number of nitrogens with one attached hydrogen (secondary N) is 1. The summed E-state index contributed by atoms with van der Waals surface area (Å²) in [5.41, 5.74) is 1.35.